The average molecular weight is 388 g/mol. The van der Waals surface area contributed by atoms with Crippen LogP contribution in [-0.2, 0) is 6.54 Å². The van der Waals surface area contributed by atoms with Crippen molar-refractivity contribution in [3.05, 3.63) is 29.8 Å². The van der Waals surface area contributed by atoms with Crippen molar-refractivity contribution in [1.29, 1.82) is 0 Å². The van der Waals surface area contributed by atoms with Gasteiger partial charge >= 0.3 is 6.03 Å². The van der Waals surface area contributed by atoms with Crippen LogP contribution in [-0.4, -0.2) is 43.1 Å². The molecule has 1 aliphatic rings. The molecule has 1 fully saturated rings. The van der Waals surface area contributed by atoms with Crippen LogP contribution in [0.5, 0.6) is 0 Å². The van der Waals surface area contributed by atoms with Gasteiger partial charge in [-0.2, -0.15) is 0 Å². The number of carbonyl (C=O) groups is 1. The maximum absolute atomic E-state index is 12.3. The molecule has 1 aromatic carbocycles. The first-order valence-corrected chi connectivity index (χ1v) is 10.6. The largest absolute Gasteiger partial charge is 0.354 e. The first kappa shape index (κ1) is 22.1. The molecule has 0 spiro atoms. The summed E-state index contributed by atoms with van der Waals surface area (Å²) >= 11 is 0. The van der Waals surface area contributed by atoms with Crippen LogP contribution in [0, 0.1) is 5.92 Å². The first-order valence-electron chi connectivity index (χ1n) is 10.6. The number of urea groups is 1. The number of guanidine groups is 1. The molecule has 0 aromatic heterocycles. The molecule has 0 bridgehead atoms. The second-order valence-corrected chi connectivity index (χ2v) is 8.12. The van der Waals surface area contributed by atoms with Gasteiger partial charge in [0, 0.05) is 38.4 Å². The van der Waals surface area contributed by atoms with E-state index in [0.717, 1.165) is 55.5 Å². The summed E-state index contributed by atoms with van der Waals surface area (Å²) in [6, 6.07) is 8.35. The maximum atomic E-state index is 12.3. The van der Waals surface area contributed by atoms with Gasteiger partial charge in [0.15, 0.2) is 5.96 Å². The van der Waals surface area contributed by atoms with E-state index in [-0.39, 0.29) is 6.03 Å². The van der Waals surface area contributed by atoms with Crippen molar-refractivity contribution in [2.24, 2.45) is 10.9 Å². The first-order chi connectivity index (χ1) is 13.5. The predicted molar refractivity (Wildman–Crippen MR) is 118 cm³/mol. The molecule has 3 N–H and O–H groups in total. The summed E-state index contributed by atoms with van der Waals surface area (Å²) in [6.07, 6.45) is 5.81. The third kappa shape index (κ3) is 7.79. The van der Waals surface area contributed by atoms with Gasteiger partial charge in [0.2, 0.25) is 0 Å². The molecule has 0 radical (unpaired) electrons. The fourth-order valence-electron chi connectivity index (χ4n) is 3.40. The van der Waals surface area contributed by atoms with Gasteiger partial charge in [0.05, 0.1) is 0 Å². The Hall–Kier alpha value is -2.24. The van der Waals surface area contributed by atoms with E-state index in [9.17, 15) is 4.79 Å². The zero-order chi connectivity index (χ0) is 20.4. The Morgan fingerprint density at radius 2 is 1.93 bits per heavy atom. The lowest BCUT2D eigenvalue weighted by molar-refractivity contribution is 0.222. The second-order valence-electron chi connectivity index (χ2n) is 8.12. The summed E-state index contributed by atoms with van der Waals surface area (Å²) in [5.41, 5.74) is 1.94. The number of rotatable bonds is 8. The topological polar surface area (TPSA) is 68.8 Å². The lowest BCUT2D eigenvalue weighted by Gasteiger charge is -2.19. The summed E-state index contributed by atoms with van der Waals surface area (Å²) in [6.45, 7) is 9.09. The highest BCUT2D eigenvalue weighted by atomic mass is 16.2. The molecule has 0 aliphatic carbocycles. The fraction of sp³-hybridized carbons (Fsp3) is 0.636. The molecule has 1 aliphatic heterocycles. The van der Waals surface area contributed by atoms with E-state index in [1.54, 1.807) is 7.05 Å². The summed E-state index contributed by atoms with van der Waals surface area (Å²) in [7, 11) is 1.79. The number of hydrogen-bond donors (Lipinski definition) is 3. The molecule has 156 valence electrons. The van der Waals surface area contributed by atoms with Crippen molar-refractivity contribution < 1.29 is 4.79 Å². The highest BCUT2D eigenvalue weighted by molar-refractivity contribution is 5.89. The normalized spacial score (nSPS) is 15.6. The van der Waals surface area contributed by atoms with Crippen LogP contribution < -0.4 is 16.0 Å². The Bertz CT molecular complexity index is 638. The summed E-state index contributed by atoms with van der Waals surface area (Å²) in [4.78, 5) is 18.5. The van der Waals surface area contributed by atoms with Gasteiger partial charge in [-0.05, 0) is 49.8 Å². The van der Waals surface area contributed by atoms with Gasteiger partial charge in [-0.3, -0.25) is 4.99 Å². The van der Waals surface area contributed by atoms with Crippen molar-refractivity contribution in [2.75, 3.05) is 25.5 Å². The Labute approximate surface area is 170 Å². The predicted octanol–water partition coefficient (Wildman–Crippen LogP) is 4.19. The quantitative estimate of drug-likeness (QED) is 0.463. The van der Waals surface area contributed by atoms with E-state index >= 15 is 0 Å². The number of amides is 2. The number of hydrogen-bond acceptors (Lipinski definition) is 2. The SMILES string of the molecule is CN=C(NCc1cccc(NC(=O)N2CCCC2)c1)NC(C)CCCC(C)C. The fourth-order valence-corrected chi connectivity index (χ4v) is 3.40. The van der Waals surface area contributed by atoms with Crippen molar-refractivity contribution in [3.8, 4) is 0 Å². The molecule has 1 unspecified atom stereocenters. The van der Waals surface area contributed by atoms with Crippen molar-refractivity contribution in [2.45, 2.75) is 65.5 Å². The molecular formula is C22H37N5O. The number of likely N-dealkylation sites (tertiary alicyclic amines) is 1. The second kappa shape index (κ2) is 11.6. The lowest BCUT2D eigenvalue weighted by atomic mass is 10.0. The van der Waals surface area contributed by atoms with E-state index in [1.165, 1.54) is 12.8 Å². The zero-order valence-corrected chi connectivity index (χ0v) is 17.9. The molecule has 1 heterocycles. The van der Waals surface area contributed by atoms with Gasteiger partial charge in [0.25, 0.3) is 0 Å². The van der Waals surface area contributed by atoms with E-state index < -0.39 is 0 Å². The number of aliphatic imine (C=N–C) groups is 1. The summed E-state index contributed by atoms with van der Waals surface area (Å²) in [5, 5.41) is 9.83. The Balaban J connectivity index is 1.79. The van der Waals surface area contributed by atoms with Crippen LogP contribution in [0.3, 0.4) is 0 Å². The van der Waals surface area contributed by atoms with Crippen LogP contribution in [0.2, 0.25) is 0 Å². The van der Waals surface area contributed by atoms with E-state index in [0.29, 0.717) is 12.6 Å². The number of nitrogens with zero attached hydrogens (tertiary/aromatic N) is 2. The van der Waals surface area contributed by atoms with Crippen LogP contribution >= 0.6 is 0 Å². The van der Waals surface area contributed by atoms with Crippen molar-refractivity contribution in [1.82, 2.24) is 15.5 Å². The highest BCUT2D eigenvalue weighted by Gasteiger charge is 2.17. The molecule has 28 heavy (non-hydrogen) atoms. The maximum Gasteiger partial charge on any atom is 0.321 e. The van der Waals surface area contributed by atoms with E-state index in [2.05, 4.69) is 47.8 Å². The van der Waals surface area contributed by atoms with Gasteiger partial charge in [-0.1, -0.05) is 38.8 Å². The minimum atomic E-state index is -0.00434. The molecule has 0 saturated carbocycles. The third-order valence-corrected chi connectivity index (χ3v) is 5.06. The molecule has 1 saturated heterocycles. The van der Waals surface area contributed by atoms with Gasteiger partial charge in [-0.25, -0.2) is 4.79 Å². The van der Waals surface area contributed by atoms with Crippen LogP contribution in [0.25, 0.3) is 0 Å². The van der Waals surface area contributed by atoms with Crippen molar-refractivity contribution >= 4 is 17.7 Å². The third-order valence-electron chi connectivity index (χ3n) is 5.06. The average Bonchev–Trinajstić information content (AvgIpc) is 3.20. The number of nitrogens with one attached hydrogen (secondary N) is 3. The van der Waals surface area contributed by atoms with Crippen molar-refractivity contribution in [3.63, 3.8) is 0 Å². The van der Waals surface area contributed by atoms with Crippen LogP contribution in [0.4, 0.5) is 10.5 Å². The molecule has 1 atom stereocenters. The molecule has 6 nitrogen and oxygen atoms in total. The molecule has 2 amide bonds. The highest BCUT2D eigenvalue weighted by Crippen LogP contribution is 2.14. The Kier molecular flexibility index (Phi) is 9.11. The van der Waals surface area contributed by atoms with E-state index in [4.69, 9.17) is 0 Å². The smallest absolute Gasteiger partial charge is 0.321 e. The monoisotopic (exact) mass is 387 g/mol. The zero-order valence-electron chi connectivity index (χ0n) is 17.9. The molecule has 6 heteroatoms. The van der Waals surface area contributed by atoms with Crippen LogP contribution in [0.15, 0.2) is 29.3 Å². The van der Waals surface area contributed by atoms with Gasteiger partial charge in [-0.15, -0.1) is 0 Å². The van der Waals surface area contributed by atoms with E-state index in [1.807, 2.05) is 23.1 Å². The van der Waals surface area contributed by atoms with Gasteiger partial charge < -0.3 is 20.9 Å². The minimum Gasteiger partial charge on any atom is -0.354 e. The summed E-state index contributed by atoms with van der Waals surface area (Å²) in [5.74, 6) is 1.56. The molecule has 2 rings (SSSR count). The standard InChI is InChI=1S/C22H37N5O/c1-17(2)9-7-10-18(3)25-21(23-4)24-16-19-11-8-12-20(15-19)26-22(28)27-13-5-6-14-27/h8,11-12,15,17-18H,5-7,9-10,13-14,16H2,1-4H3,(H,26,28)(H2,23,24,25). The Morgan fingerprint density at radius 3 is 2.61 bits per heavy atom. The Morgan fingerprint density at radius 1 is 1.18 bits per heavy atom. The number of carbonyl (C=O) groups excluding carboxylic acids is 1. The lowest BCUT2D eigenvalue weighted by Crippen LogP contribution is -2.41. The minimum absolute atomic E-state index is 0.00434. The number of benzene rings is 1. The summed E-state index contributed by atoms with van der Waals surface area (Å²) < 4.78 is 0. The van der Waals surface area contributed by atoms with Gasteiger partial charge in [0.1, 0.15) is 0 Å². The molecular weight excluding hydrogens is 350 g/mol. The molecule has 1 aromatic rings. The van der Waals surface area contributed by atoms with Crippen LogP contribution in [0.1, 0.15) is 58.4 Å². The number of anilines is 1.